The monoisotopic (exact) mass is 164 g/mol. The van der Waals surface area contributed by atoms with Crippen LogP contribution in [0.4, 0.5) is 0 Å². The van der Waals surface area contributed by atoms with E-state index >= 15 is 0 Å². The van der Waals surface area contributed by atoms with Gasteiger partial charge >= 0.3 is 0 Å². The number of unbranched alkanes of at least 4 members (excludes halogenated alkanes) is 7. The Morgan fingerprint density at radius 2 is 1.17 bits per heavy atom. The smallest absolute Gasteiger partial charge is 0 e. The van der Waals surface area contributed by atoms with E-state index in [4.69, 9.17) is 5.73 Å². The molecule has 0 aliphatic heterocycles. The minimum atomic E-state index is 0. The van der Waals surface area contributed by atoms with Crippen molar-refractivity contribution in [2.24, 2.45) is 5.73 Å². The van der Waals surface area contributed by atoms with Gasteiger partial charge in [-0.05, 0) is 13.0 Å². The summed E-state index contributed by atoms with van der Waals surface area (Å²) in [7, 11) is 0. The van der Waals surface area contributed by atoms with Crippen molar-refractivity contribution in [3.8, 4) is 0 Å². The molecule has 0 unspecified atom stereocenters. The zero-order valence-electron chi connectivity index (χ0n) is 8.94. The van der Waals surface area contributed by atoms with Gasteiger partial charge < -0.3 is 5.73 Å². The maximum atomic E-state index is 5.39. The van der Waals surface area contributed by atoms with Crippen LogP contribution in [-0.4, -0.2) is 25.4 Å². The molecule has 0 aliphatic carbocycles. The van der Waals surface area contributed by atoms with E-state index in [-0.39, 0.29) is 18.9 Å². The van der Waals surface area contributed by atoms with E-state index in [1.807, 2.05) is 0 Å². The first-order valence-electron chi connectivity index (χ1n) is 5.12. The van der Waals surface area contributed by atoms with E-state index in [0.717, 1.165) is 6.54 Å². The van der Waals surface area contributed by atoms with Crippen LogP contribution in [0, 0.1) is 0 Å². The molecule has 2 heteroatoms. The zero-order valence-corrected chi connectivity index (χ0v) is 8.94. The van der Waals surface area contributed by atoms with Gasteiger partial charge in [0.1, 0.15) is 0 Å². The van der Waals surface area contributed by atoms with Gasteiger partial charge in [0.15, 0.2) is 0 Å². The fourth-order valence-electron chi connectivity index (χ4n) is 1.28. The minimum absolute atomic E-state index is 0. The third kappa shape index (κ3) is 13.2. The molecular weight excluding hydrogens is 141 g/mol. The molecule has 0 rings (SSSR count). The Morgan fingerprint density at radius 1 is 0.750 bits per heavy atom. The Hall–Kier alpha value is 0.557. The molecule has 12 heavy (non-hydrogen) atoms. The molecule has 0 spiro atoms. The molecule has 0 heterocycles. The van der Waals surface area contributed by atoms with Crippen molar-refractivity contribution in [2.45, 2.75) is 58.3 Å². The maximum Gasteiger partial charge on any atom is 0 e. The fraction of sp³-hybridized carbons (Fsp3) is 1.00. The van der Waals surface area contributed by atoms with Crippen molar-refractivity contribution < 1.29 is 0 Å². The number of hydrogen-bond acceptors (Lipinski definition) is 1. The van der Waals surface area contributed by atoms with Crippen LogP contribution in [-0.2, 0) is 0 Å². The van der Waals surface area contributed by atoms with Gasteiger partial charge in [0.2, 0.25) is 0 Å². The van der Waals surface area contributed by atoms with Crippen LogP contribution in [0.2, 0.25) is 0 Å². The molecule has 0 aromatic rings. The van der Waals surface area contributed by atoms with E-state index in [2.05, 4.69) is 6.92 Å². The summed E-state index contributed by atoms with van der Waals surface area (Å²) in [6.45, 7) is 3.13. The molecule has 0 saturated heterocycles. The average Bonchev–Trinajstić information content (AvgIpc) is 2.03. The Kier molecular flexibility index (Phi) is 17.7. The Balaban J connectivity index is 0. The molecule has 1 nitrogen and oxygen atoms in total. The van der Waals surface area contributed by atoms with Gasteiger partial charge in [-0.1, -0.05) is 51.9 Å². The molecule has 0 aromatic heterocycles. The molecule has 1 radical (unpaired) electrons. The van der Waals surface area contributed by atoms with Gasteiger partial charge in [-0.15, -0.1) is 0 Å². The molecular formula is C10H23LiN. The standard InChI is InChI=1S/C10H23N.Li/c1-2-3-4-5-6-7-8-9-10-11;/h2-11H2,1H3;. The van der Waals surface area contributed by atoms with Crippen LogP contribution in [0.5, 0.6) is 0 Å². The largest absolute Gasteiger partial charge is 0.330 e. The summed E-state index contributed by atoms with van der Waals surface area (Å²) in [6, 6.07) is 0. The van der Waals surface area contributed by atoms with Gasteiger partial charge in [0.25, 0.3) is 0 Å². The van der Waals surface area contributed by atoms with Crippen LogP contribution < -0.4 is 5.73 Å². The van der Waals surface area contributed by atoms with Gasteiger partial charge in [0.05, 0.1) is 0 Å². The Labute approximate surface area is 89.7 Å². The first kappa shape index (κ1) is 15.0. The van der Waals surface area contributed by atoms with E-state index in [9.17, 15) is 0 Å². The summed E-state index contributed by atoms with van der Waals surface area (Å²) in [5.41, 5.74) is 5.39. The van der Waals surface area contributed by atoms with Crippen LogP contribution in [0.15, 0.2) is 0 Å². The second-order valence-electron chi connectivity index (χ2n) is 3.26. The zero-order chi connectivity index (χ0) is 8.36. The summed E-state index contributed by atoms with van der Waals surface area (Å²) in [5, 5.41) is 0. The van der Waals surface area contributed by atoms with Crippen molar-refractivity contribution in [1.29, 1.82) is 0 Å². The van der Waals surface area contributed by atoms with E-state index in [0.29, 0.717) is 0 Å². The predicted molar refractivity (Wildman–Crippen MR) is 57.4 cm³/mol. The summed E-state index contributed by atoms with van der Waals surface area (Å²) >= 11 is 0. The summed E-state index contributed by atoms with van der Waals surface area (Å²) < 4.78 is 0. The maximum absolute atomic E-state index is 5.39. The predicted octanol–water partition coefficient (Wildman–Crippen LogP) is 2.71. The van der Waals surface area contributed by atoms with Crippen molar-refractivity contribution in [3.05, 3.63) is 0 Å². The molecule has 0 atom stereocenters. The molecule has 0 saturated carbocycles. The molecule has 0 aliphatic rings. The summed E-state index contributed by atoms with van der Waals surface area (Å²) in [6.07, 6.45) is 11.0. The van der Waals surface area contributed by atoms with Crippen molar-refractivity contribution in [2.75, 3.05) is 6.54 Å². The Bertz CT molecular complexity index is 58.9. The van der Waals surface area contributed by atoms with E-state index in [1.54, 1.807) is 0 Å². The minimum Gasteiger partial charge on any atom is -0.330 e. The van der Waals surface area contributed by atoms with Crippen LogP contribution >= 0.6 is 0 Å². The fourth-order valence-corrected chi connectivity index (χ4v) is 1.28. The number of rotatable bonds is 8. The van der Waals surface area contributed by atoms with E-state index < -0.39 is 0 Å². The van der Waals surface area contributed by atoms with Gasteiger partial charge in [-0.25, -0.2) is 0 Å². The first-order valence-corrected chi connectivity index (χ1v) is 5.12. The first-order chi connectivity index (χ1) is 5.41. The van der Waals surface area contributed by atoms with E-state index in [1.165, 1.54) is 51.4 Å². The van der Waals surface area contributed by atoms with Crippen molar-refractivity contribution >= 4 is 18.9 Å². The Morgan fingerprint density at radius 3 is 1.58 bits per heavy atom. The van der Waals surface area contributed by atoms with Gasteiger partial charge in [-0.3, -0.25) is 0 Å². The molecule has 0 aromatic carbocycles. The topological polar surface area (TPSA) is 26.0 Å². The molecule has 0 amide bonds. The van der Waals surface area contributed by atoms with Crippen molar-refractivity contribution in [1.82, 2.24) is 0 Å². The number of nitrogens with two attached hydrogens (primary N) is 1. The molecule has 0 fully saturated rings. The quantitative estimate of drug-likeness (QED) is 0.433. The molecule has 2 N–H and O–H groups in total. The third-order valence-corrected chi connectivity index (χ3v) is 2.06. The SMILES string of the molecule is CCCCCCCCCCN.[Li]. The van der Waals surface area contributed by atoms with Gasteiger partial charge in [0, 0.05) is 18.9 Å². The second-order valence-corrected chi connectivity index (χ2v) is 3.26. The normalized spacial score (nSPS) is 9.50. The van der Waals surface area contributed by atoms with Crippen molar-refractivity contribution in [3.63, 3.8) is 0 Å². The molecule has 0 bridgehead atoms. The molecule has 69 valence electrons. The summed E-state index contributed by atoms with van der Waals surface area (Å²) in [4.78, 5) is 0. The van der Waals surface area contributed by atoms with Crippen LogP contribution in [0.1, 0.15) is 58.3 Å². The van der Waals surface area contributed by atoms with Gasteiger partial charge in [-0.2, -0.15) is 0 Å². The average molecular weight is 164 g/mol. The number of hydrogen-bond donors (Lipinski definition) is 1. The summed E-state index contributed by atoms with van der Waals surface area (Å²) in [5.74, 6) is 0. The second kappa shape index (κ2) is 14.1. The van der Waals surface area contributed by atoms with Crippen LogP contribution in [0.25, 0.3) is 0 Å². The van der Waals surface area contributed by atoms with Crippen LogP contribution in [0.3, 0.4) is 0 Å². The third-order valence-electron chi connectivity index (χ3n) is 2.06.